The Morgan fingerprint density at radius 3 is 1.45 bits per heavy atom. The van der Waals surface area contributed by atoms with E-state index in [1.807, 2.05) is 110 Å². The summed E-state index contributed by atoms with van der Waals surface area (Å²) < 4.78 is 31.6. The molecule has 2 fully saturated rings. The Morgan fingerprint density at radius 1 is 0.655 bits per heavy atom. The number of benzene rings is 2. The van der Waals surface area contributed by atoms with Gasteiger partial charge in [-0.05, 0) is 63.1 Å². The molecule has 8 rings (SSSR count). The number of nitrogens with one attached hydrogen (secondary N) is 2. The van der Waals surface area contributed by atoms with Crippen molar-refractivity contribution in [3.63, 3.8) is 0 Å². The highest BCUT2D eigenvalue weighted by molar-refractivity contribution is 5.84. The van der Waals surface area contributed by atoms with Crippen LogP contribution in [0, 0.1) is 11.6 Å². The van der Waals surface area contributed by atoms with Crippen molar-refractivity contribution in [2.45, 2.75) is 51.9 Å². The highest BCUT2D eigenvalue weighted by Crippen LogP contribution is 2.27. The predicted molar refractivity (Wildman–Crippen MR) is 220 cm³/mol. The number of urea groups is 2. The Hall–Kier alpha value is -6.32. The van der Waals surface area contributed by atoms with Gasteiger partial charge >= 0.3 is 12.1 Å². The van der Waals surface area contributed by atoms with E-state index in [9.17, 15) is 18.4 Å². The highest BCUT2D eigenvalue weighted by Gasteiger charge is 2.31. The van der Waals surface area contributed by atoms with Gasteiger partial charge in [0.05, 0.1) is 46.9 Å². The van der Waals surface area contributed by atoms with Gasteiger partial charge in [-0.25, -0.2) is 18.4 Å². The summed E-state index contributed by atoms with van der Waals surface area (Å²) in [6, 6.07) is 14.6. The Bertz CT molecular complexity index is 2240. The first-order valence-corrected chi connectivity index (χ1v) is 19.6. The molecule has 2 N–H and O–H groups in total. The standard InChI is InChI=1S/2C21H25FN6O/c2*1-14-12-27(20-7-8-23-11-18(20)22)9-10-28(14)21(29)24-15(2)16-5-4-6-19-17(16)13-26(3)25-19/h2*4-8,11,13-15H,9-10,12H2,1-3H3,(H,24,29)/t14-,15+;14-,15-/m11/s1. The zero-order chi connectivity index (χ0) is 41.1. The minimum absolute atomic E-state index is 0.0438. The molecule has 14 nitrogen and oxygen atoms in total. The molecule has 58 heavy (non-hydrogen) atoms. The Kier molecular flexibility index (Phi) is 11.7. The lowest BCUT2D eigenvalue weighted by Crippen LogP contribution is -2.57. The summed E-state index contributed by atoms with van der Waals surface area (Å²) in [6.07, 6.45) is 9.56. The monoisotopic (exact) mass is 792 g/mol. The summed E-state index contributed by atoms with van der Waals surface area (Å²) in [7, 11) is 3.78. The number of anilines is 2. The average molecular weight is 793 g/mol. The summed E-state index contributed by atoms with van der Waals surface area (Å²) in [5.41, 5.74) is 4.95. The smallest absolute Gasteiger partial charge is 0.318 e. The van der Waals surface area contributed by atoms with E-state index in [2.05, 4.69) is 30.8 Å². The third-order valence-corrected chi connectivity index (χ3v) is 11.0. The normalized spacial score (nSPS) is 18.1. The van der Waals surface area contributed by atoms with Crippen molar-refractivity contribution < 1.29 is 18.4 Å². The molecule has 2 aromatic carbocycles. The second-order valence-corrected chi connectivity index (χ2v) is 15.1. The lowest BCUT2D eigenvalue weighted by Gasteiger charge is -2.41. The van der Waals surface area contributed by atoms with Gasteiger partial charge in [0.25, 0.3) is 0 Å². The van der Waals surface area contributed by atoms with Gasteiger partial charge in [-0.3, -0.25) is 19.3 Å². The first-order valence-electron chi connectivity index (χ1n) is 19.6. The van der Waals surface area contributed by atoms with Crippen LogP contribution in [0.1, 0.15) is 50.9 Å². The van der Waals surface area contributed by atoms with Crippen molar-refractivity contribution in [3.05, 3.63) is 108 Å². The second kappa shape index (κ2) is 17.0. The van der Waals surface area contributed by atoms with Crippen LogP contribution < -0.4 is 20.4 Å². The van der Waals surface area contributed by atoms with Crippen LogP contribution in [0.25, 0.3) is 21.8 Å². The molecule has 0 aliphatic carbocycles. The molecule has 4 aromatic heterocycles. The molecular weight excluding hydrogens is 743 g/mol. The summed E-state index contributed by atoms with van der Waals surface area (Å²) >= 11 is 0. The van der Waals surface area contributed by atoms with E-state index >= 15 is 0 Å². The van der Waals surface area contributed by atoms with Gasteiger partial charge in [0.2, 0.25) is 0 Å². The molecule has 6 heterocycles. The number of hydrogen-bond acceptors (Lipinski definition) is 8. The van der Waals surface area contributed by atoms with Crippen LogP contribution in [-0.2, 0) is 14.1 Å². The van der Waals surface area contributed by atoms with Crippen molar-refractivity contribution in [2.24, 2.45) is 14.1 Å². The number of rotatable bonds is 6. The maximum atomic E-state index is 14.0. The fourth-order valence-electron chi connectivity index (χ4n) is 8.02. The largest absolute Gasteiger partial charge is 0.365 e. The molecule has 0 spiro atoms. The molecule has 304 valence electrons. The van der Waals surface area contributed by atoms with E-state index < -0.39 is 0 Å². The Balaban J connectivity index is 0.000000177. The van der Waals surface area contributed by atoms with Crippen molar-refractivity contribution in [3.8, 4) is 0 Å². The molecule has 0 unspecified atom stereocenters. The predicted octanol–water partition coefficient (Wildman–Crippen LogP) is 6.18. The van der Waals surface area contributed by atoms with Gasteiger partial charge < -0.3 is 30.2 Å². The minimum Gasteiger partial charge on any atom is -0.365 e. The van der Waals surface area contributed by atoms with Gasteiger partial charge in [-0.2, -0.15) is 10.2 Å². The third kappa shape index (κ3) is 8.50. The van der Waals surface area contributed by atoms with Crippen LogP contribution in [0.4, 0.5) is 29.7 Å². The number of nitrogens with zero attached hydrogens (tertiary/aromatic N) is 10. The number of halogens is 2. The van der Waals surface area contributed by atoms with Crippen molar-refractivity contribution >= 4 is 45.2 Å². The van der Waals surface area contributed by atoms with Crippen molar-refractivity contribution in [2.75, 3.05) is 49.1 Å². The maximum Gasteiger partial charge on any atom is 0.318 e. The molecule has 0 bridgehead atoms. The molecule has 4 amide bonds. The summed E-state index contributed by atoms with van der Waals surface area (Å²) in [5, 5.41) is 17.2. The number of carbonyl (C=O) groups excluding carboxylic acids is 2. The maximum absolute atomic E-state index is 14.0. The van der Waals surface area contributed by atoms with Crippen LogP contribution in [0.3, 0.4) is 0 Å². The fourth-order valence-corrected chi connectivity index (χ4v) is 8.02. The first kappa shape index (κ1) is 39.9. The number of amides is 4. The zero-order valence-electron chi connectivity index (χ0n) is 33.7. The number of pyridine rings is 2. The van der Waals surface area contributed by atoms with E-state index in [1.165, 1.54) is 12.4 Å². The number of aromatic nitrogens is 6. The lowest BCUT2D eigenvalue weighted by molar-refractivity contribution is 0.168. The van der Waals surface area contributed by atoms with E-state index in [0.717, 1.165) is 32.9 Å². The van der Waals surface area contributed by atoms with Crippen LogP contribution in [-0.4, -0.2) is 103 Å². The fraction of sp³-hybridized carbons (Fsp3) is 0.381. The summed E-state index contributed by atoms with van der Waals surface area (Å²) in [4.78, 5) is 41.0. The molecule has 0 saturated carbocycles. The summed E-state index contributed by atoms with van der Waals surface area (Å²) in [6.45, 7) is 11.3. The van der Waals surface area contributed by atoms with Gasteiger partial charge in [-0.15, -0.1) is 0 Å². The van der Waals surface area contributed by atoms with E-state index in [0.29, 0.717) is 50.6 Å². The van der Waals surface area contributed by atoms with Gasteiger partial charge in [0.1, 0.15) is 0 Å². The quantitative estimate of drug-likeness (QED) is 0.205. The molecule has 2 saturated heterocycles. The topological polar surface area (TPSA) is 133 Å². The second-order valence-electron chi connectivity index (χ2n) is 15.1. The molecule has 0 radical (unpaired) electrons. The Labute approximate surface area is 336 Å². The molecule has 16 heteroatoms. The lowest BCUT2D eigenvalue weighted by atomic mass is 10.0. The Morgan fingerprint density at radius 2 is 1.07 bits per heavy atom. The summed E-state index contributed by atoms with van der Waals surface area (Å²) in [5.74, 6) is -0.674. The first-order chi connectivity index (χ1) is 27.9. The molecular formula is C42H50F2N12O2. The van der Waals surface area contributed by atoms with Crippen LogP contribution >= 0.6 is 0 Å². The van der Waals surface area contributed by atoms with Gasteiger partial charge in [-0.1, -0.05) is 24.3 Å². The van der Waals surface area contributed by atoms with Gasteiger partial charge in [0, 0.05) is 101 Å². The van der Waals surface area contributed by atoms with E-state index in [4.69, 9.17) is 0 Å². The van der Waals surface area contributed by atoms with Crippen molar-refractivity contribution in [1.82, 2.24) is 50.0 Å². The minimum atomic E-state index is -0.337. The highest BCUT2D eigenvalue weighted by atomic mass is 19.1. The number of piperazine rings is 2. The molecule has 4 atom stereocenters. The van der Waals surface area contributed by atoms with Crippen molar-refractivity contribution in [1.29, 1.82) is 0 Å². The van der Waals surface area contributed by atoms with Crippen LogP contribution in [0.15, 0.2) is 85.7 Å². The van der Waals surface area contributed by atoms with E-state index in [-0.39, 0.29) is 47.9 Å². The number of fused-ring (bicyclic) bond motifs is 2. The van der Waals surface area contributed by atoms with Gasteiger partial charge in [0.15, 0.2) is 11.6 Å². The number of aryl methyl sites for hydroxylation is 2. The van der Waals surface area contributed by atoms with E-state index in [1.54, 1.807) is 33.9 Å². The SMILES string of the molecule is C[C@@H]1CN(c2ccncc2F)CCN1C(=O)N[C@H](C)c1cccc2nn(C)cc12.C[C@H](NC(=O)N1CCN(c2ccncc2F)C[C@H]1C)c1cccc2nn(C)cc12. The molecule has 2 aliphatic heterocycles. The zero-order valence-corrected chi connectivity index (χ0v) is 33.7. The van der Waals surface area contributed by atoms with Crippen LogP contribution in [0.2, 0.25) is 0 Å². The third-order valence-electron chi connectivity index (χ3n) is 11.0. The average Bonchev–Trinajstić information content (AvgIpc) is 3.78. The molecule has 6 aromatic rings. The van der Waals surface area contributed by atoms with Crippen LogP contribution in [0.5, 0.6) is 0 Å². The molecule has 2 aliphatic rings. The number of carbonyl (C=O) groups is 2. The number of hydrogen-bond donors (Lipinski definition) is 2.